The van der Waals surface area contributed by atoms with E-state index in [0.29, 0.717) is 11.5 Å². The predicted octanol–water partition coefficient (Wildman–Crippen LogP) is 1.72. The number of likely N-dealkylation sites (tertiary alicyclic amines) is 1. The molecule has 1 heterocycles. The number of carboxylic acids is 1. The molecule has 1 atom stereocenters. The molecule has 2 rings (SSSR count). The Labute approximate surface area is 99.9 Å². The normalized spacial score (nSPS) is 19.4. The Bertz CT molecular complexity index is 438. The molecule has 1 fully saturated rings. The van der Waals surface area contributed by atoms with E-state index < -0.39 is 5.97 Å². The molecule has 4 heteroatoms. The number of hydrogen-bond donors (Lipinski definition) is 1. The second-order valence-electron chi connectivity index (χ2n) is 4.38. The van der Waals surface area contributed by atoms with Crippen LogP contribution in [-0.2, 0) is 4.79 Å². The van der Waals surface area contributed by atoms with Crippen molar-refractivity contribution in [2.45, 2.75) is 19.3 Å². The molecule has 0 aromatic heterocycles. The lowest BCUT2D eigenvalue weighted by Gasteiger charge is -2.14. The molecule has 17 heavy (non-hydrogen) atoms. The van der Waals surface area contributed by atoms with E-state index in [9.17, 15) is 9.59 Å². The number of rotatable bonds is 2. The summed E-state index contributed by atoms with van der Waals surface area (Å²) in [6.07, 6.45) is 0.950. The summed E-state index contributed by atoms with van der Waals surface area (Å²) in [7, 11) is 0. The topological polar surface area (TPSA) is 57.6 Å². The standard InChI is InChI=1S/C13H15NO3/c1-9(15)14-7-6-12(8-14)10-2-4-11(5-3-10)13(16)17/h2-5,12H,6-8H2,1H3,(H,16,17). The van der Waals surface area contributed by atoms with Crippen LogP contribution < -0.4 is 0 Å². The zero-order valence-electron chi connectivity index (χ0n) is 9.72. The Balaban J connectivity index is 2.09. The van der Waals surface area contributed by atoms with Gasteiger partial charge in [-0.2, -0.15) is 0 Å². The van der Waals surface area contributed by atoms with Crippen LogP contribution >= 0.6 is 0 Å². The molecule has 0 saturated carbocycles. The summed E-state index contributed by atoms with van der Waals surface area (Å²) in [5.74, 6) is -0.468. The third kappa shape index (κ3) is 2.46. The minimum Gasteiger partial charge on any atom is -0.478 e. The second kappa shape index (κ2) is 4.57. The Morgan fingerprint density at radius 1 is 1.29 bits per heavy atom. The SMILES string of the molecule is CC(=O)N1CCC(c2ccc(C(=O)O)cc2)C1. The van der Waals surface area contributed by atoms with Crippen molar-refractivity contribution in [3.8, 4) is 0 Å². The van der Waals surface area contributed by atoms with Crippen LogP contribution in [0.25, 0.3) is 0 Å². The van der Waals surface area contributed by atoms with E-state index in [1.807, 2.05) is 17.0 Å². The summed E-state index contributed by atoms with van der Waals surface area (Å²) in [6, 6.07) is 6.93. The lowest BCUT2D eigenvalue weighted by Crippen LogP contribution is -2.25. The average molecular weight is 233 g/mol. The van der Waals surface area contributed by atoms with Crippen molar-refractivity contribution >= 4 is 11.9 Å². The minimum atomic E-state index is -0.909. The number of aromatic carboxylic acids is 1. The summed E-state index contributed by atoms with van der Waals surface area (Å²) in [5, 5.41) is 8.80. The average Bonchev–Trinajstić information content (AvgIpc) is 2.78. The Morgan fingerprint density at radius 2 is 1.94 bits per heavy atom. The molecule has 1 amide bonds. The van der Waals surface area contributed by atoms with Gasteiger partial charge in [-0.3, -0.25) is 4.79 Å². The first-order valence-electron chi connectivity index (χ1n) is 5.66. The molecule has 0 spiro atoms. The van der Waals surface area contributed by atoms with Crippen LogP contribution in [-0.4, -0.2) is 35.0 Å². The third-order valence-corrected chi connectivity index (χ3v) is 3.26. The van der Waals surface area contributed by atoms with Crippen molar-refractivity contribution in [2.24, 2.45) is 0 Å². The first-order valence-corrected chi connectivity index (χ1v) is 5.66. The number of amides is 1. The van der Waals surface area contributed by atoms with Gasteiger partial charge in [0.05, 0.1) is 5.56 Å². The van der Waals surface area contributed by atoms with Crippen molar-refractivity contribution in [3.63, 3.8) is 0 Å². The van der Waals surface area contributed by atoms with E-state index in [0.717, 1.165) is 25.1 Å². The first kappa shape index (κ1) is 11.6. The van der Waals surface area contributed by atoms with Crippen molar-refractivity contribution in [3.05, 3.63) is 35.4 Å². The zero-order chi connectivity index (χ0) is 12.4. The molecule has 1 aliphatic heterocycles. The molecule has 1 aliphatic rings. The monoisotopic (exact) mass is 233 g/mol. The summed E-state index contributed by atoms with van der Waals surface area (Å²) >= 11 is 0. The number of benzene rings is 1. The van der Waals surface area contributed by atoms with E-state index in [2.05, 4.69) is 0 Å². The van der Waals surface area contributed by atoms with Crippen LogP contribution in [0.1, 0.15) is 35.2 Å². The van der Waals surface area contributed by atoms with Gasteiger partial charge in [0.2, 0.25) is 5.91 Å². The number of carbonyl (C=O) groups excluding carboxylic acids is 1. The Kier molecular flexibility index (Phi) is 3.13. The Morgan fingerprint density at radius 3 is 2.41 bits per heavy atom. The van der Waals surface area contributed by atoms with Gasteiger partial charge in [0.1, 0.15) is 0 Å². The number of nitrogens with zero attached hydrogens (tertiary/aromatic N) is 1. The van der Waals surface area contributed by atoms with E-state index in [-0.39, 0.29) is 5.91 Å². The van der Waals surface area contributed by atoms with Gasteiger partial charge in [-0.25, -0.2) is 4.79 Å². The fourth-order valence-electron chi connectivity index (χ4n) is 2.22. The van der Waals surface area contributed by atoms with Crippen LogP contribution in [0.4, 0.5) is 0 Å². The third-order valence-electron chi connectivity index (χ3n) is 3.26. The van der Waals surface area contributed by atoms with Gasteiger partial charge in [0.25, 0.3) is 0 Å². The fourth-order valence-corrected chi connectivity index (χ4v) is 2.22. The second-order valence-corrected chi connectivity index (χ2v) is 4.38. The highest BCUT2D eigenvalue weighted by molar-refractivity contribution is 5.87. The maximum Gasteiger partial charge on any atom is 0.335 e. The number of carboxylic acid groups (broad SMARTS) is 1. The molecular weight excluding hydrogens is 218 g/mol. The molecule has 1 aromatic rings. The first-order chi connectivity index (χ1) is 8.08. The summed E-state index contributed by atoms with van der Waals surface area (Å²) in [6.45, 7) is 3.11. The zero-order valence-corrected chi connectivity index (χ0v) is 9.72. The molecule has 1 saturated heterocycles. The molecule has 0 radical (unpaired) electrons. The predicted molar refractivity (Wildman–Crippen MR) is 63.0 cm³/mol. The minimum absolute atomic E-state index is 0.106. The van der Waals surface area contributed by atoms with Gasteiger partial charge < -0.3 is 10.0 Å². The summed E-state index contributed by atoms with van der Waals surface area (Å²) in [5.41, 5.74) is 1.41. The molecule has 1 N–H and O–H groups in total. The molecule has 0 bridgehead atoms. The van der Waals surface area contributed by atoms with Crippen molar-refractivity contribution in [1.82, 2.24) is 4.90 Å². The number of hydrogen-bond acceptors (Lipinski definition) is 2. The quantitative estimate of drug-likeness (QED) is 0.846. The lowest BCUT2D eigenvalue weighted by atomic mass is 9.97. The molecule has 1 aromatic carbocycles. The highest BCUT2D eigenvalue weighted by Crippen LogP contribution is 2.27. The highest BCUT2D eigenvalue weighted by Gasteiger charge is 2.25. The van der Waals surface area contributed by atoms with Crippen LogP contribution in [0.5, 0.6) is 0 Å². The van der Waals surface area contributed by atoms with Gasteiger partial charge in [0.15, 0.2) is 0 Å². The fraction of sp³-hybridized carbons (Fsp3) is 0.385. The van der Waals surface area contributed by atoms with Gasteiger partial charge >= 0.3 is 5.97 Å². The summed E-state index contributed by atoms with van der Waals surface area (Å²) in [4.78, 5) is 23.8. The largest absolute Gasteiger partial charge is 0.478 e. The highest BCUT2D eigenvalue weighted by atomic mass is 16.4. The van der Waals surface area contributed by atoms with Gasteiger partial charge in [-0.1, -0.05) is 12.1 Å². The molecule has 1 unspecified atom stereocenters. The van der Waals surface area contributed by atoms with Crippen LogP contribution in [0.2, 0.25) is 0 Å². The van der Waals surface area contributed by atoms with E-state index >= 15 is 0 Å². The molecule has 4 nitrogen and oxygen atoms in total. The van der Waals surface area contributed by atoms with Gasteiger partial charge in [-0.05, 0) is 24.1 Å². The van der Waals surface area contributed by atoms with E-state index in [1.165, 1.54) is 0 Å². The van der Waals surface area contributed by atoms with Gasteiger partial charge in [-0.15, -0.1) is 0 Å². The smallest absolute Gasteiger partial charge is 0.335 e. The van der Waals surface area contributed by atoms with E-state index in [1.54, 1.807) is 19.1 Å². The van der Waals surface area contributed by atoms with Crippen LogP contribution in [0.15, 0.2) is 24.3 Å². The van der Waals surface area contributed by atoms with Crippen molar-refractivity contribution in [1.29, 1.82) is 0 Å². The van der Waals surface area contributed by atoms with E-state index in [4.69, 9.17) is 5.11 Å². The van der Waals surface area contributed by atoms with Crippen LogP contribution in [0.3, 0.4) is 0 Å². The summed E-state index contributed by atoms with van der Waals surface area (Å²) < 4.78 is 0. The lowest BCUT2D eigenvalue weighted by molar-refractivity contribution is -0.127. The van der Waals surface area contributed by atoms with Crippen molar-refractivity contribution < 1.29 is 14.7 Å². The number of carbonyl (C=O) groups is 2. The maximum atomic E-state index is 11.2. The van der Waals surface area contributed by atoms with Crippen molar-refractivity contribution in [2.75, 3.05) is 13.1 Å². The molecule has 0 aliphatic carbocycles. The molecule has 90 valence electrons. The van der Waals surface area contributed by atoms with Crippen LogP contribution in [0, 0.1) is 0 Å². The maximum absolute atomic E-state index is 11.2. The van der Waals surface area contributed by atoms with Gasteiger partial charge in [0, 0.05) is 25.9 Å². The Hall–Kier alpha value is -1.84. The molecular formula is C13H15NO3.